The standard InChI is InChI=1S/C32H47F5O3/c1-3-4-22-7-11-24(12-8-22)25-13-9-23(10-14-25)19-38-27-17-18-28(30(33)29(27)31(34)35)40-32(36,37)20-39-26-15-5-21(2)6-16-26/h17-18,21-26,31H,3-16,19-20H2,1-2H3. The SMILES string of the molecule is CCCC1CCC(C2CCC(COc3ccc(OC(F)(F)COC4CCC(C)CC4)c(F)c3C(F)F)CC2)CC1. The van der Waals surface area contributed by atoms with Crippen molar-refractivity contribution in [1.29, 1.82) is 0 Å². The first-order valence-corrected chi connectivity index (χ1v) is 15.6. The first-order valence-electron chi connectivity index (χ1n) is 15.6. The van der Waals surface area contributed by atoms with Gasteiger partial charge in [0.2, 0.25) is 0 Å². The number of rotatable bonds is 12. The van der Waals surface area contributed by atoms with Gasteiger partial charge in [0.15, 0.2) is 18.2 Å². The van der Waals surface area contributed by atoms with Gasteiger partial charge < -0.3 is 14.2 Å². The normalized spacial score (nSPS) is 29.9. The topological polar surface area (TPSA) is 27.7 Å². The summed E-state index contributed by atoms with van der Waals surface area (Å²) in [5, 5.41) is 0. The number of hydrogen-bond donors (Lipinski definition) is 0. The van der Waals surface area contributed by atoms with E-state index in [-0.39, 0.29) is 24.4 Å². The highest BCUT2D eigenvalue weighted by Crippen LogP contribution is 2.43. The van der Waals surface area contributed by atoms with Crippen molar-refractivity contribution >= 4 is 0 Å². The van der Waals surface area contributed by atoms with Crippen LogP contribution in [0.4, 0.5) is 22.0 Å². The zero-order chi connectivity index (χ0) is 28.7. The largest absolute Gasteiger partial charge is 0.493 e. The molecule has 0 unspecified atom stereocenters. The molecule has 0 aromatic heterocycles. The Morgan fingerprint density at radius 1 is 0.825 bits per heavy atom. The second kappa shape index (κ2) is 14.6. The first-order chi connectivity index (χ1) is 19.1. The number of hydrogen-bond acceptors (Lipinski definition) is 3. The monoisotopic (exact) mass is 574 g/mol. The summed E-state index contributed by atoms with van der Waals surface area (Å²) in [6.07, 6.45) is 7.78. The van der Waals surface area contributed by atoms with Crippen LogP contribution in [0.2, 0.25) is 0 Å². The van der Waals surface area contributed by atoms with Crippen LogP contribution in [0.25, 0.3) is 0 Å². The van der Waals surface area contributed by atoms with E-state index in [1.807, 2.05) is 0 Å². The molecule has 8 heteroatoms. The molecule has 1 aromatic carbocycles. The molecule has 3 aliphatic carbocycles. The molecule has 0 bridgehead atoms. The molecule has 3 saturated carbocycles. The van der Waals surface area contributed by atoms with Crippen LogP contribution in [0.3, 0.4) is 0 Å². The van der Waals surface area contributed by atoms with E-state index >= 15 is 0 Å². The van der Waals surface area contributed by atoms with Crippen LogP contribution >= 0.6 is 0 Å². The molecule has 3 nitrogen and oxygen atoms in total. The van der Waals surface area contributed by atoms with Crippen LogP contribution in [0.5, 0.6) is 11.5 Å². The Balaban J connectivity index is 1.27. The van der Waals surface area contributed by atoms with Crippen molar-refractivity contribution in [3.05, 3.63) is 23.5 Å². The first kappa shape index (κ1) is 31.4. The van der Waals surface area contributed by atoms with Crippen molar-refractivity contribution in [2.75, 3.05) is 13.2 Å². The predicted octanol–water partition coefficient (Wildman–Crippen LogP) is 10.1. The molecule has 0 amide bonds. The maximum absolute atomic E-state index is 15.0. The quantitative estimate of drug-likeness (QED) is 0.233. The van der Waals surface area contributed by atoms with E-state index < -0.39 is 36.3 Å². The fourth-order valence-corrected chi connectivity index (χ4v) is 7.16. The molecule has 40 heavy (non-hydrogen) atoms. The lowest BCUT2D eigenvalue weighted by molar-refractivity contribution is -0.223. The summed E-state index contributed by atoms with van der Waals surface area (Å²) in [6, 6.07) is 2.05. The van der Waals surface area contributed by atoms with E-state index in [4.69, 9.17) is 9.47 Å². The van der Waals surface area contributed by atoms with Crippen molar-refractivity contribution in [2.45, 2.75) is 122 Å². The maximum atomic E-state index is 15.0. The minimum Gasteiger partial charge on any atom is -0.493 e. The highest BCUT2D eigenvalue weighted by Gasteiger charge is 2.37. The second-order valence-electron chi connectivity index (χ2n) is 12.7. The zero-order valence-corrected chi connectivity index (χ0v) is 24.1. The Bertz CT molecular complexity index is 902. The van der Waals surface area contributed by atoms with Crippen molar-refractivity contribution in [1.82, 2.24) is 0 Å². The summed E-state index contributed by atoms with van der Waals surface area (Å²) in [5.41, 5.74) is -1.03. The molecule has 3 fully saturated rings. The van der Waals surface area contributed by atoms with Gasteiger partial charge in [-0.3, -0.25) is 0 Å². The third kappa shape index (κ3) is 8.72. The molecule has 0 radical (unpaired) electrons. The zero-order valence-electron chi connectivity index (χ0n) is 24.1. The average Bonchev–Trinajstić information content (AvgIpc) is 2.93. The molecule has 0 heterocycles. The van der Waals surface area contributed by atoms with E-state index in [0.717, 1.165) is 68.4 Å². The van der Waals surface area contributed by atoms with E-state index in [1.165, 1.54) is 38.5 Å². The molecule has 1 aromatic rings. The van der Waals surface area contributed by atoms with Crippen molar-refractivity contribution in [3.63, 3.8) is 0 Å². The van der Waals surface area contributed by atoms with Gasteiger partial charge >= 0.3 is 6.11 Å². The van der Waals surface area contributed by atoms with E-state index in [9.17, 15) is 22.0 Å². The molecule has 0 atom stereocenters. The minimum absolute atomic E-state index is 0.208. The summed E-state index contributed by atoms with van der Waals surface area (Å²) in [4.78, 5) is 0. The van der Waals surface area contributed by atoms with Crippen LogP contribution < -0.4 is 9.47 Å². The second-order valence-corrected chi connectivity index (χ2v) is 12.7. The van der Waals surface area contributed by atoms with E-state index in [0.29, 0.717) is 18.8 Å². The highest BCUT2D eigenvalue weighted by molar-refractivity contribution is 5.43. The Morgan fingerprint density at radius 3 is 1.98 bits per heavy atom. The van der Waals surface area contributed by atoms with Crippen LogP contribution in [-0.2, 0) is 4.74 Å². The van der Waals surface area contributed by atoms with Gasteiger partial charge in [0, 0.05) is 0 Å². The van der Waals surface area contributed by atoms with Gasteiger partial charge in [-0.1, -0.05) is 39.5 Å². The van der Waals surface area contributed by atoms with Gasteiger partial charge in [-0.25, -0.2) is 13.2 Å². The number of ether oxygens (including phenoxy) is 3. The molecule has 3 aliphatic rings. The summed E-state index contributed by atoms with van der Waals surface area (Å²) < 4.78 is 87.1. The van der Waals surface area contributed by atoms with Gasteiger partial charge in [-0.2, -0.15) is 8.78 Å². The molecule has 0 aliphatic heterocycles. The van der Waals surface area contributed by atoms with Crippen LogP contribution in [0.15, 0.2) is 12.1 Å². The van der Waals surface area contributed by atoms with Gasteiger partial charge in [0.1, 0.15) is 5.75 Å². The lowest BCUT2D eigenvalue weighted by atomic mass is 9.69. The average molecular weight is 575 g/mol. The van der Waals surface area contributed by atoms with Crippen molar-refractivity contribution in [2.24, 2.45) is 29.6 Å². The Hall–Kier alpha value is -1.57. The van der Waals surface area contributed by atoms with Gasteiger partial charge in [-0.05, 0) is 106 Å². The summed E-state index contributed by atoms with van der Waals surface area (Å²) in [5.74, 6) is 0.387. The molecular weight excluding hydrogens is 527 g/mol. The lowest BCUT2D eigenvalue weighted by Gasteiger charge is -2.37. The Kier molecular flexibility index (Phi) is 11.4. The molecule has 0 N–H and O–H groups in total. The fourth-order valence-electron chi connectivity index (χ4n) is 7.16. The van der Waals surface area contributed by atoms with Gasteiger partial charge in [0.25, 0.3) is 6.43 Å². The Labute approximate surface area is 236 Å². The Morgan fingerprint density at radius 2 is 1.40 bits per heavy atom. The fraction of sp³-hybridized carbons (Fsp3) is 0.812. The van der Waals surface area contributed by atoms with Crippen molar-refractivity contribution < 1.29 is 36.2 Å². The third-order valence-corrected chi connectivity index (χ3v) is 9.65. The van der Waals surface area contributed by atoms with Gasteiger partial charge in [0.05, 0.1) is 18.3 Å². The summed E-state index contributed by atoms with van der Waals surface area (Å²) in [7, 11) is 0. The van der Waals surface area contributed by atoms with Gasteiger partial charge in [-0.15, -0.1) is 0 Å². The van der Waals surface area contributed by atoms with Crippen molar-refractivity contribution in [3.8, 4) is 11.5 Å². The summed E-state index contributed by atoms with van der Waals surface area (Å²) >= 11 is 0. The minimum atomic E-state index is -3.85. The summed E-state index contributed by atoms with van der Waals surface area (Å²) in [6.45, 7) is 3.51. The third-order valence-electron chi connectivity index (χ3n) is 9.65. The molecule has 228 valence electrons. The highest BCUT2D eigenvalue weighted by atomic mass is 19.3. The molecule has 0 spiro atoms. The smallest absolute Gasteiger partial charge is 0.422 e. The van der Waals surface area contributed by atoms with E-state index in [1.54, 1.807) is 0 Å². The van der Waals surface area contributed by atoms with E-state index in [2.05, 4.69) is 18.6 Å². The number of alkyl halides is 4. The molecular formula is C32H47F5O3. The van der Waals surface area contributed by atoms with Crippen LogP contribution in [0.1, 0.15) is 116 Å². The predicted molar refractivity (Wildman–Crippen MR) is 146 cm³/mol. The molecule has 0 saturated heterocycles. The number of halogens is 5. The van der Waals surface area contributed by atoms with Crippen LogP contribution in [0, 0.1) is 35.4 Å². The lowest BCUT2D eigenvalue weighted by Crippen LogP contribution is -2.34. The molecule has 4 rings (SSSR count). The number of benzene rings is 1. The van der Waals surface area contributed by atoms with Crippen LogP contribution in [-0.4, -0.2) is 25.4 Å². The maximum Gasteiger partial charge on any atom is 0.422 e.